The lowest BCUT2D eigenvalue weighted by Gasteiger charge is -1.96. The lowest BCUT2D eigenvalue weighted by molar-refractivity contribution is 1.35. The van der Waals surface area contributed by atoms with E-state index in [4.69, 9.17) is 5.26 Å². The number of nitroso groups, excluding NO2 is 1. The van der Waals surface area contributed by atoms with E-state index in [0.29, 0.717) is 16.8 Å². The zero-order chi connectivity index (χ0) is 8.27. The normalized spacial score (nSPS) is 8.73. The smallest absolute Gasteiger partial charge is 0.112 e. The van der Waals surface area contributed by atoms with Gasteiger partial charge in [-0.3, -0.25) is 0 Å². The summed E-state index contributed by atoms with van der Waals surface area (Å²) >= 11 is 0. The summed E-state index contributed by atoms with van der Waals surface area (Å²) in [5.41, 5.74) is 1.48. The Balaban J connectivity index is 3.34. The third kappa shape index (κ3) is 1.24. The fourth-order valence-electron chi connectivity index (χ4n) is 0.843. The fraction of sp³-hybridized carbons (Fsp3) is 0.125. The summed E-state index contributed by atoms with van der Waals surface area (Å²) in [6.45, 7) is 1.70. The fourth-order valence-corrected chi connectivity index (χ4v) is 0.843. The second kappa shape index (κ2) is 2.93. The Morgan fingerprint density at radius 2 is 2.27 bits per heavy atom. The van der Waals surface area contributed by atoms with Crippen molar-refractivity contribution < 1.29 is 0 Å². The molecule has 0 heterocycles. The van der Waals surface area contributed by atoms with Crippen molar-refractivity contribution in [3.05, 3.63) is 34.2 Å². The van der Waals surface area contributed by atoms with E-state index in [-0.39, 0.29) is 0 Å². The molecule has 1 aromatic rings. The maximum atomic E-state index is 10.1. The van der Waals surface area contributed by atoms with Gasteiger partial charge >= 0.3 is 0 Å². The van der Waals surface area contributed by atoms with Crippen LogP contribution in [0.15, 0.2) is 23.4 Å². The monoisotopic (exact) mass is 146 g/mol. The maximum Gasteiger partial charge on any atom is 0.112 e. The van der Waals surface area contributed by atoms with Crippen LogP contribution in [-0.2, 0) is 0 Å². The molecule has 3 nitrogen and oxygen atoms in total. The van der Waals surface area contributed by atoms with E-state index < -0.39 is 0 Å². The summed E-state index contributed by atoms with van der Waals surface area (Å²) in [6.07, 6.45) is 0. The van der Waals surface area contributed by atoms with Crippen LogP contribution in [0.4, 0.5) is 5.69 Å². The van der Waals surface area contributed by atoms with E-state index in [2.05, 4.69) is 5.18 Å². The molecule has 1 rings (SSSR count). The highest BCUT2D eigenvalue weighted by Crippen LogP contribution is 2.20. The second-order valence-electron chi connectivity index (χ2n) is 2.15. The summed E-state index contributed by atoms with van der Waals surface area (Å²) in [6, 6.07) is 6.86. The number of nitrogens with zero attached hydrogens (tertiary/aromatic N) is 2. The summed E-state index contributed by atoms with van der Waals surface area (Å²) in [7, 11) is 0. The first-order valence-electron chi connectivity index (χ1n) is 3.12. The van der Waals surface area contributed by atoms with Gasteiger partial charge in [-0.15, -0.1) is 4.91 Å². The number of rotatable bonds is 1. The third-order valence-electron chi connectivity index (χ3n) is 1.52. The molecule has 0 N–H and O–H groups in total. The molecule has 0 aliphatic carbocycles. The van der Waals surface area contributed by atoms with E-state index in [9.17, 15) is 4.91 Å². The van der Waals surface area contributed by atoms with Crippen molar-refractivity contribution in [2.24, 2.45) is 5.18 Å². The van der Waals surface area contributed by atoms with Crippen LogP contribution in [0.5, 0.6) is 0 Å². The Hall–Kier alpha value is -1.69. The van der Waals surface area contributed by atoms with Crippen molar-refractivity contribution in [1.29, 1.82) is 5.26 Å². The van der Waals surface area contributed by atoms with Gasteiger partial charge in [-0.05, 0) is 29.8 Å². The zero-order valence-electron chi connectivity index (χ0n) is 6.03. The minimum absolute atomic E-state index is 0.337. The van der Waals surface area contributed by atoms with E-state index >= 15 is 0 Å². The Kier molecular flexibility index (Phi) is 1.98. The summed E-state index contributed by atoms with van der Waals surface area (Å²) in [5, 5.41) is 11.3. The highest BCUT2D eigenvalue weighted by molar-refractivity contribution is 5.53. The van der Waals surface area contributed by atoms with Gasteiger partial charge in [0.05, 0.1) is 11.6 Å². The van der Waals surface area contributed by atoms with E-state index in [1.54, 1.807) is 25.1 Å². The molecule has 11 heavy (non-hydrogen) atoms. The molecule has 0 saturated carbocycles. The molecule has 0 bridgehead atoms. The maximum absolute atomic E-state index is 10.1. The van der Waals surface area contributed by atoms with E-state index in [0.717, 1.165) is 0 Å². The van der Waals surface area contributed by atoms with Gasteiger partial charge in [0.25, 0.3) is 0 Å². The van der Waals surface area contributed by atoms with Crippen molar-refractivity contribution in [3.63, 3.8) is 0 Å². The zero-order valence-corrected chi connectivity index (χ0v) is 6.03. The molecule has 0 aliphatic rings. The minimum Gasteiger partial charge on any atom is -0.192 e. The van der Waals surface area contributed by atoms with Gasteiger partial charge in [-0.1, -0.05) is 6.07 Å². The average molecular weight is 146 g/mol. The molecule has 54 valence electrons. The Morgan fingerprint density at radius 3 is 2.82 bits per heavy atom. The molecule has 0 radical (unpaired) electrons. The highest BCUT2D eigenvalue weighted by Gasteiger charge is 2.01. The lowest BCUT2D eigenvalue weighted by atomic mass is 10.1. The largest absolute Gasteiger partial charge is 0.192 e. The van der Waals surface area contributed by atoms with Gasteiger partial charge < -0.3 is 0 Å². The van der Waals surface area contributed by atoms with Crippen LogP contribution < -0.4 is 0 Å². The lowest BCUT2D eigenvalue weighted by Crippen LogP contribution is -1.80. The Labute approximate surface area is 64.2 Å². The number of nitriles is 1. The number of hydrogen-bond acceptors (Lipinski definition) is 3. The van der Waals surface area contributed by atoms with Crippen molar-refractivity contribution in [1.82, 2.24) is 0 Å². The van der Waals surface area contributed by atoms with Crippen LogP contribution >= 0.6 is 0 Å². The summed E-state index contributed by atoms with van der Waals surface area (Å²) in [5.74, 6) is 0. The SMILES string of the molecule is Cc1c(C#N)cccc1N=O. The van der Waals surface area contributed by atoms with Gasteiger partial charge in [0.1, 0.15) is 5.69 Å². The predicted octanol–water partition coefficient (Wildman–Crippen LogP) is 2.26. The van der Waals surface area contributed by atoms with Gasteiger partial charge in [0.2, 0.25) is 0 Å². The van der Waals surface area contributed by atoms with Crippen LogP contribution in [-0.4, -0.2) is 0 Å². The van der Waals surface area contributed by atoms with Crippen LogP contribution in [0.25, 0.3) is 0 Å². The highest BCUT2D eigenvalue weighted by atomic mass is 16.3. The van der Waals surface area contributed by atoms with E-state index in [1.807, 2.05) is 6.07 Å². The van der Waals surface area contributed by atoms with E-state index in [1.165, 1.54) is 0 Å². The van der Waals surface area contributed by atoms with Crippen molar-refractivity contribution >= 4 is 5.69 Å². The second-order valence-corrected chi connectivity index (χ2v) is 2.15. The van der Waals surface area contributed by atoms with Gasteiger partial charge in [-0.25, -0.2) is 0 Å². The topological polar surface area (TPSA) is 53.2 Å². The molecule has 1 aromatic carbocycles. The van der Waals surface area contributed by atoms with Crippen LogP contribution in [0.2, 0.25) is 0 Å². The molecule has 0 saturated heterocycles. The third-order valence-corrected chi connectivity index (χ3v) is 1.52. The quantitative estimate of drug-likeness (QED) is 0.570. The van der Waals surface area contributed by atoms with Gasteiger partial charge in [-0.2, -0.15) is 5.26 Å². The van der Waals surface area contributed by atoms with Crippen molar-refractivity contribution in [2.45, 2.75) is 6.92 Å². The molecule has 3 heteroatoms. The average Bonchev–Trinajstić information content (AvgIpc) is 2.05. The van der Waals surface area contributed by atoms with Crippen molar-refractivity contribution in [2.75, 3.05) is 0 Å². The van der Waals surface area contributed by atoms with Gasteiger partial charge in [0.15, 0.2) is 0 Å². The minimum atomic E-state index is 0.337. The van der Waals surface area contributed by atoms with Crippen LogP contribution in [0.1, 0.15) is 11.1 Å². The predicted molar refractivity (Wildman–Crippen MR) is 41.3 cm³/mol. The molecular weight excluding hydrogens is 140 g/mol. The Bertz CT molecular complexity index is 325. The molecule has 0 unspecified atom stereocenters. The molecule has 0 aromatic heterocycles. The standard InChI is InChI=1S/C8H6N2O/c1-6-7(5-9)3-2-4-8(6)10-11/h2-4H,1H3. The number of hydrogen-bond donors (Lipinski definition) is 0. The molecule has 0 spiro atoms. The molecule has 0 amide bonds. The van der Waals surface area contributed by atoms with Gasteiger partial charge in [0, 0.05) is 0 Å². The van der Waals surface area contributed by atoms with Crippen LogP contribution in [0, 0.1) is 23.2 Å². The first-order valence-corrected chi connectivity index (χ1v) is 3.12. The first kappa shape index (κ1) is 7.42. The molecule has 0 aliphatic heterocycles. The van der Waals surface area contributed by atoms with Crippen LogP contribution in [0.3, 0.4) is 0 Å². The first-order chi connectivity index (χ1) is 5.29. The Morgan fingerprint density at radius 1 is 1.55 bits per heavy atom. The summed E-state index contributed by atoms with van der Waals surface area (Å²) < 4.78 is 0. The molecular formula is C8H6N2O. The van der Waals surface area contributed by atoms with Crippen molar-refractivity contribution in [3.8, 4) is 6.07 Å². The molecule has 0 fully saturated rings. The summed E-state index contributed by atoms with van der Waals surface area (Å²) in [4.78, 5) is 10.1. The molecule has 0 atom stereocenters. The number of benzene rings is 1.